The summed E-state index contributed by atoms with van der Waals surface area (Å²) in [5.41, 5.74) is 1.95. The van der Waals surface area contributed by atoms with Crippen LogP contribution in [0.15, 0.2) is 60.8 Å². The van der Waals surface area contributed by atoms with Crippen LogP contribution in [0.25, 0.3) is 31.9 Å². The highest BCUT2D eigenvalue weighted by molar-refractivity contribution is 7.18. The summed E-state index contributed by atoms with van der Waals surface area (Å²) in [6.07, 6.45) is 5.61. The zero-order valence-corrected chi connectivity index (χ0v) is 15.8. The van der Waals surface area contributed by atoms with E-state index in [4.69, 9.17) is 0 Å². The number of nitrogens with zero attached hydrogens (tertiary/aromatic N) is 4. The van der Waals surface area contributed by atoms with Crippen molar-refractivity contribution in [2.24, 2.45) is 0 Å². The highest BCUT2D eigenvalue weighted by atomic mass is 32.1. The molecule has 5 heteroatoms. The Hall–Kier alpha value is -2.79. The zero-order valence-electron chi connectivity index (χ0n) is 15.0. The Morgan fingerprint density at radius 2 is 1.52 bits per heavy atom. The van der Waals surface area contributed by atoms with Gasteiger partial charge in [0.25, 0.3) is 0 Å². The molecule has 4 aromatic rings. The molecule has 0 saturated carbocycles. The Morgan fingerprint density at radius 3 is 2.33 bits per heavy atom. The van der Waals surface area contributed by atoms with E-state index in [0.717, 1.165) is 40.0 Å². The number of anilines is 1. The molecule has 0 amide bonds. The van der Waals surface area contributed by atoms with Gasteiger partial charge in [-0.25, -0.2) is 0 Å². The van der Waals surface area contributed by atoms with E-state index in [-0.39, 0.29) is 0 Å². The van der Waals surface area contributed by atoms with Crippen molar-refractivity contribution in [3.63, 3.8) is 0 Å². The van der Waals surface area contributed by atoms with Crippen LogP contribution in [-0.2, 0) is 0 Å². The molecule has 0 aliphatic carbocycles. The summed E-state index contributed by atoms with van der Waals surface area (Å²) in [7, 11) is 0. The number of thiophene rings is 1. The molecule has 0 radical (unpaired) electrons. The number of pyridine rings is 1. The summed E-state index contributed by atoms with van der Waals surface area (Å²) in [4.78, 5) is 9.13. The summed E-state index contributed by atoms with van der Waals surface area (Å²) in [5, 5.41) is 11.7. The van der Waals surface area contributed by atoms with Gasteiger partial charge in [-0.15, -0.1) is 21.5 Å². The second kappa shape index (κ2) is 7.08. The molecule has 0 unspecified atom stereocenters. The van der Waals surface area contributed by atoms with Gasteiger partial charge in [-0.3, -0.25) is 4.98 Å². The van der Waals surface area contributed by atoms with Crippen LogP contribution in [0, 0.1) is 0 Å². The van der Waals surface area contributed by atoms with Gasteiger partial charge in [0.05, 0.1) is 15.4 Å². The number of benzene rings is 1. The quantitative estimate of drug-likeness (QED) is 0.482. The monoisotopic (exact) mass is 372 g/mol. The molecule has 1 aliphatic rings. The van der Waals surface area contributed by atoms with E-state index in [0.29, 0.717) is 0 Å². The first-order valence-electron chi connectivity index (χ1n) is 9.42. The van der Waals surface area contributed by atoms with E-state index >= 15 is 0 Å². The third-order valence-corrected chi connectivity index (χ3v) is 6.19. The van der Waals surface area contributed by atoms with Crippen LogP contribution in [0.5, 0.6) is 0 Å². The number of fused-ring (bicyclic) bond motifs is 1. The molecule has 0 N–H and O–H groups in total. The van der Waals surface area contributed by atoms with Crippen molar-refractivity contribution < 1.29 is 0 Å². The topological polar surface area (TPSA) is 41.9 Å². The maximum Gasteiger partial charge on any atom is 0.159 e. The Morgan fingerprint density at radius 1 is 0.741 bits per heavy atom. The van der Waals surface area contributed by atoms with Crippen LogP contribution in [-0.4, -0.2) is 28.3 Å². The molecule has 1 saturated heterocycles. The van der Waals surface area contributed by atoms with E-state index in [9.17, 15) is 0 Å². The molecule has 27 heavy (non-hydrogen) atoms. The van der Waals surface area contributed by atoms with Crippen molar-refractivity contribution in [3.05, 3.63) is 60.8 Å². The summed E-state index contributed by atoms with van der Waals surface area (Å²) in [5.74, 6) is 1.02. The third kappa shape index (κ3) is 3.08. The van der Waals surface area contributed by atoms with Crippen molar-refractivity contribution >= 4 is 27.9 Å². The van der Waals surface area contributed by atoms with Crippen LogP contribution in [0.1, 0.15) is 19.3 Å². The van der Waals surface area contributed by atoms with Crippen LogP contribution in [0.4, 0.5) is 5.82 Å². The first kappa shape index (κ1) is 16.4. The van der Waals surface area contributed by atoms with E-state index in [1.54, 1.807) is 11.3 Å². The largest absolute Gasteiger partial charge is 0.355 e. The standard InChI is InChI=1S/C22H20N4S/c1-6-14-26(15-7-1)22-17-9-3-2-8-16(17)21(24-25-22)20-12-11-19(27-20)18-10-4-5-13-23-18/h2-5,8-13H,1,6-7,14-15H2. The fourth-order valence-corrected chi connectivity index (χ4v) is 4.70. The minimum atomic E-state index is 0.957. The number of hydrogen-bond acceptors (Lipinski definition) is 5. The molecule has 5 rings (SSSR count). The van der Waals surface area contributed by atoms with Gasteiger partial charge in [-0.05, 0) is 43.5 Å². The predicted molar refractivity (Wildman–Crippen MR) is 112 cm³/mol. The lowest BCUT2D eigenvalue weighted by Crippen LogP contribution is -2.30. The Bertz CT molecular complexity index is 1070. The van der Waals surface area contributed by atoms with E-state index < -0.39 is 0 Å². The van der Waals surface area contributed by atoms with Crippen molar-refractivity contribution in [3.8, 4) is 21.1 Å². The van der Waals surface area contributed by atoms with Crippen LogP contribution in [0.3, 0.4) is 0 Å². The predicted octanol–water partition coefficient (Wildman–Crippen LogP) is 5.41. The number of hydrogen-bond donors (Lipinski definition) is 0. The molecule has 134 valence electrons. The second-order valence-electron chi connectivity index (χ2n) is 6.84. The zero-order chi connectivity index (χ0) is 18.1. The maximum atomic E-state index is 4.66. The molecular formula is C22H20N4S. The summed E-state index contributed by atoms with van der Waals surface area (Å²) >= 11 is 1.72. The Balaban J connectivity index is 1.60. The normalized spacial score (nSPS) is 14.6. The number of piperidine rings is 1. The van der Waals surface area contributed by atoms with Crippen molar-refractivity contribution in [1.29, 1.82) is 0 Å². The molecule has 0 bridgehead atoms. The SMILES string of the molecule is c1ccc(-c2ccc(-c3nnc(N4CCCCC4)c4ccccc34)s2)nc1. The van der Waals surface area contributed by atoms with Crippen LogP contribution >= 0.6 is 11.3 Å². The van der Waals surface area contributed by atoms with Gasteiger partial charge in [0.15, 0.2) is 5.82 Å². The maximum absolute atomic E-state index is 4.66. The van der Waals surface area contributed by atoms with Crippen molar-refractivity contribution in [2.45, 2.75) is 19.3 Å². The summed E-state index contributed by atoms with van der Waals surface area (Å²) < 4.78 is 0. The Labute approximate surface area is 162 Å². The Kier molecular flexibility index (Phi) is 4.30. The minimum Gasteiger partial charge on any atom is -0.355 e. The molecule has 1 aromatic carbocycles. The average molecular weight is 372 g/mol. The van der Waals surface area contributed by atoms with Crippen molar-refractivity contribution in [2.75, 3.05) is 18.0 Å². The van der Waals surface area contributed by atoms with E-state index in [2.05, 4.69) is 56.5 Å². The molecule has 4 nitrogen and oxygen atoms in total. The summed E-state index contributed by atoms with van der Waals surface area (Å²) in [6.45, 7) is 2.14. The van der Waals surface area contributed by atoms with Crippen LogP contribution in [0.2, 0.25) is 0 Å². The molecular weight excluding hydrogens is 352 g/mol. The van der Waals surface area contributed by atoms with Gasteiger partial charge in [-0.2, -0.15) is 0 Å². The molecule has 4 heterocycles. The highest BCUT2D eigenvalue weighted by Gasteiger charge is 2.18. The smallest absolute Gasteiger partial charge is 0.159 e. The van der Waals surface area contributed by atoms with Gasteiger partial charge in [0.2, 0.25) is 0 Å². The van der Waals surface area contributed by atoms with Gasteiger partial charge < -0.3 is 4.90 Å². The lowest BCUT2D eigenvalue weighted by Gasteiger charge is -2.28. The van der Waals surface area contributed by atoms with Gasteiger partial charge in [0, 0.05) is 30.1 Å². The van der Waals surface area contributed by atoms with Gasteiger partial charge in [-0.1, -0.05) is 30.3 Å². The van der Waals surface area contributed by atoms with E-state index in [1.807, 2.05) is 24.4 Å². The average Bonchev–Trinajstić information content (AvgIpc) is 3.24. The number of rotatable bonds is 3. The highest BCUT2D eigenvalue weighted by Crippen LogP contribution is 2.37. The molecule has 1 fully saturated rings. The van der Waals surface area contributed by atoms with Gasteiger partial charge >= 0.3 is 0 Å². The first-order chi connectivity index (χ1) is 13.4. The minimum absolute atomic E-state index is 0.957. The molecule has 0 spiro atoms. The lowest BCUT2D eigenvalue weighted by molar-refractivity contribution is 0.573. The molecule has 1 aliphatic heterocycles. The third-order valence-electron chi connectivity index (χ3n) is 5.08. The number of aromatic nitrogens is 3. The second-order valence-corrected chi connectivity index (χ2v) is 7.93. The lowest BCUT2D eigenvalue weighted by atomic mass is 10.1. The molecule has 3 aromatic heterocycles. The fourth-order valence-electron chi connectivity index (χ4n) is 3.72. The van der Waals surface area contributed by atoms with E-state index in [1.165, 1.54) is 30.0 Å². The van der Waals surface area contributed by atoms with Crippen LogP contribution < -0.4 is 4.90 Å². The van der Waals surface area contributed by atoms with Crippen molar-refractivity contribution in [1.82, 2.24) is 15.2 Å². The first-order valence-corrected chi connectivity index (χ1v) is 10.2. The fraction of sp³-hybridized carbons (Fsp3) is 0.227. The molecule has 0 atom stereocenters. The van der Waals surface area contributed by atoms with Gasteiger partial charge in [0.1, 0.15) is 5.69 Å². The summed E-state index contributed by atoms with van der Waals surface area (Å²) in [6, 6.07) is 18.8.